The van der Waals surface area contributed by atoms with Crippen LogP contribution in [-0.4, -0.2) is 11.5 Å². The Morgan fingerprint density at radius 2 is 2.05 bits per heavy atom. The van der Waals surface area contributed by atoms with Gasteiger partial charge in [0.25, 0.3) is 0 Å². The normalized spacial score (nSPS) is 12.7. The van der Waals surface area contributed by atoms with Crippen LogP contribution in [0.3, 0.4) is 0 Å². The van der Waals surface area contributed by atoms with Crippen molar-refractivity contribution < 1.29 is 0 Å². The molecular weight excluding hydrogens is 311 g/mol. The molecule has 0 aliphatic rings. The van der Waals surface area contributed by atoms with E-state index in [1.807, 2.05) is 12.1 Å². The third-order valence-corrected chi connectivity index (χ3v) is 4.81. The largest absolute Gasteiger partial charge is 0.304 e. The van der Waals surface area contributed by atoms with E-state index in [0.29, 0.717) is 10.0 Å². The van der Waals surface area contributed by atoms with Gasteiger partial charge in [-0.2, -0.15) is 0 Å². The summed E-state index contributed by atoms with van der Waals surface area (Å²) < 4.78 is 0. The van der Waals surface area contributed by atoms with Crippen LogP contribution in [0.2, 0.25) is 10.0 Å². The van der Waals surface area contributed by atoms with Crippen LogP contribution in [0.15, 0.2) is 18.2 Å². The highest BCUT2D eigenvalue weighted by molar-refractivity contribution is 7.11. The minimum absolute atomic E-state index is 0.0220. The van der Waals surface area contributed by atoms with E-state index >= 15 is 0 Å². The van der Waals surface area contributed by atoms with Gasteiger partial charge in [0, 0.05) is 14.9 Å². The van der Waals surface area contributed by atoms with Crippen molar-refractivity contribution in [3.8, 4) is 0 Å². The lowest BCUT2D eigenvalue weighted by atomic mass is 10.1. The Balaban J connectivity index is 2.44. The summed E-state index contributed by atoms with van der Waals surface area (Å²) in [5.41, 5.74) is 2.19. The van der Waals surface area contributed by atoms with Crippen LogP contribution in [0, 0.1) is 6.92 Å². The number of benzene rings is 1. The summed E-state index contributed by atoms with van der Waals surface area (Å²) in [5.74, 6) is 0. The predicted octanol–water partition coefficient (Wildman–Crippen LogP) is 5.02. The van der Waals surface area contributed by atoms with Crippen LogP contribution >= 0.6 is 34.5 Å². The number of hydrogen-bond donors (Lipinski definition) is 1. The van der Waals surface area contributed by atoms with Crippen LogP contribution in [0.1, 0.15) is 41.0 Å². The van der Waals surface area contributed by atoms with Crippen LogP contribution in [-0.2, 0) is 6.42 Å². The Morgan fingerprint density at radius 1 is 1.30 bits per heavy atom. The van der Waals surface area contributed by atoms with Gasteiger partial charge < -0.3 is 5.32 Å². The van der Waals surface area contributed by atoms with E-state index in [-0.39, 0.29) is 6.04 Å². The summed E-state index contributed by atoms with van der Waals surface area (Å²) >= 11 is 14.1. The molecule has 2 aromatic rings. The van der Waals surface area contributed by atoms with Gasteiger partial charge in [0.1, 0.15) is 5.01 Å². The van der Waals surface area contributed by atoms with E-state index < -0.39 is 0 Å². The quantitative estimate of drug-likeness (QED) is 0.833. The Labute approximate surface area is 134 Å². The molecule has 5 heteroatoms. The van der Waals surface area contributed by atoms with E-state index in [1.54, 1.807) is 17.4 Å². The third kappa shape index (κ3) is 3.34. The summed E-state index contributed by atoms with van der Waals surface area (Å²) in [6, 6.07) is 5.65. The van der Waals surface area contributed by atoms with Crippen LogP contribution in [0.4, 0.5) is 0 Å². The second kappa shape index (κ2) is 6.90. The zero-order chi connectivity index (χ0) is 14.7. The van der Waals surface area contributed by atoms with Crippen molar-refractivity contribution in [3.05, 3.63) is 49.4 Å². The molecule has 20 heavy (non-hydrogen) atoms. The number of nitrogens with zero attached hydrogens (tertiary/aromatic N) is 1. The molecule has 0 aliphatic carbocycles. The molecule has 0 radical (unpaired) electrons. The van der Waals surface area contributed by atoms with E-state index in [1.165, 1.54) is 4.88 Å². The molecule has 1 aromatic carbocycles. The second-order valence-corrected chi connectivity index (χ2v) is 6.64. The number of nitrogens with one attached hydrogen (secondary N) is 1. The standard InChI is InChI=1S/C15H18Cl2N2S/c1-4-13-9(3)20-15(19-13)14(18-5-2)11-7-6-10(16)8-12(11)17/h6-8,14,18H,4-5H2,1-3H3. The van der Waals surface area contributed by atoms with Crippen molar-refractivity contribution in [2.24, 2.45) is 0 Å². The second-order valence-electron chi connectivity index (χ2n) is 4.57. The molecule has 1 heterocycles. The van der Waals surface area contributed by atoms with Crippen LogP contribution < -0.4 is 5.32 Å². The maximum atomic E-state index is 6.34. The Hall–Kier alpha value is -0.610. The van der Waals surface area contributed by atoms with E-state index in [9.17, 15) is 0 Å². The molecule has 2 nitrogen and oxygen atoms in total. The number of thiazole rings is 1. The van der Waals surface area contributed by atoms with Gasteiger partial charge in [0.15, 0.2) is 0 Å². The number of aromatic nitrogens is 1. The van der Waals surface area contributed by atoms with Crippen molar-refractivity contribution in [2.45, 2.75) is 33.2 Å². The lowest BCUT2D eigenvalue weighted by molar-refractivity contribution is 0.625. The lowest BCUT2D eigenvalue weighted by Crippen LogP contribution is -2.22. The third-order valence-electron chi connectivity index (χ3n) is 3.17. The highest BCUT2D eigenvalue weighted by Crippen LogP contribution is 2.33. The highest BCUT2D eigenvalue weighted by atomic mass is 35.5. The molecule has 1 unspecified atom stereocenters. The molecule has 0 amide bonds. The molecule has 2 rings (SSSR count). The van der Waals surface area contributed by atoms with Gasteiger partial charge in [-0.25, -0.2) is 4.98 Å². The first-order valence-corrected chi connectivity index (χ1v) is 8.28. The molecule has 0 aliphatic heterocycles. The number of halogens is 2. The van der Waals surface area contributed by atoms with Crippen molar-refractivity contribution in [1.82, 2.24) is 10.3 Å². The SMILES string of the molecule is CCNC(c1nc(CC)c(C)s1)c1ccc(Cl)cc1Cl. The fourth-order valence-corrected chi connectivity index (χ4v) is 3.79. The maximum Gasteiger partial charge on any atom is 0.115 e. The average Bonchev–Trinajstić information content (AvgIpc) is 2.78. The molecule has 1 aromatic heterocycles. The first kappa shape index (κ1) is 15.8. The monoisotopic (exact) mass is 328 g/mol. The average molecular weight is 329 g/mol. The molecule has 0 fully saturated rings. The summed E-state index contributed by atoms with van der Waals surface area (Å²) in [5, 5.41) is 5.85. The van der Waals surface area contributed by atoms with Gasteiger partial charge in [0.2, 0.25) is 0 Å². The first-order chi connectivity index (χ1) is 9.56. The van der Waals surface area contributed by atoms with E-state index in [4.69, 9.17) is 28.2 Å². The zero-order valence-electron chi connectivity index (χ0n) is 11.8. The number of hydrogen-bond acceptors (Lipinski definition) is 3. The topological polar surface area (TPSA) is 24.9 Å². The van der Waals surface area contributed by atoms with Crippen molar-refractivity contribution in [2.75, 3.05) is 6.54 Å². The fourth-order valence-electron chi connectivity index (χ4n) is 2.17. The van der Waals surface area contributed by atoms with Crippen molar-refractivity contribution >= 4 is 34.5 Å². The van der Waals surface area contributed by atoms with Gasteiger partial charge in [-0.15, -0.1) is 11.3 Å². The molecule has 0 spiro atoms. The van der Waals surface area contributed by atoms with Gasteiger partial charge >= 0.3 is 0 Å². The van der Waals surface area contributed by atoms with Crippen molar-refractivity contribution in [1.29, 1.82) is 0 Å². The molecule has 1 atom stereocenters. The molecule has 0 saturated carbocycles. The minimum atomic E-state index is 0.0220. The van der Waals surface area contributed by atoms with Crippen LogP contribution in [0.25, 0.3) is 0 Å². The van der Waals surface area contributed by atoms with Gasteiger partial charge in [-0.3, -0.25) is 0 Å². The molecule has 0 bridgehead atoms. The summed E-state index contributed by atoms with van der Waals surface area (Å²) in [4.78, 5) is 6.03. The highest BCUT2D eigenvalue weighted by Gasteiger charge is 2.20. The predicted molar refractivity (Wildman–Crippen MR) is 88.2 cm³/mol. The Bertz CT molecular complexity index is 596. The van der Waals surface area contributed by atoms with E-state index in [2.05, 4.69) is 26.1 Å². The number of rotatable bonds is 5. The Kier molecular flexibility index (Phi) is 5.44. The van der Waals surface area contributed by atoms with Crippen molar-refractivity contribution in [3.63, 3.8) is 0 Å². The van der Waals surface area contributed by atoms with Gasteiger partial charge in [-0.1, -0.05) is 43.1 Å². The molecular formula is C15H18Cl2N2S. The van der Waals surface area contributed by atoms with Crippen LogP contribution in [0.5, 0.6) is 0 Å². The summed E-state index contributed by atoms with van der Waals surface area (Å²) in [6.07, 6.45) is 0.954. The van der Waals surface area contributed by atoms with Gasteiger partial charge in [0.05, 0.1) is 11.7 Å². The van der Waals surface area contributed by atoms with Gasteiger partial charge in [-0.05, 0) is 37.6 Å². The summed E-state index contributed by atoms with van der Waals surface area (Å²) in [7, 11) is 0. The fraction of sp³-hybridized carbons (Fsp3) is 0.400. The minimum Gasteiger partial charge on any atom is -0.304 e. The first-order valence-electron chi connectivity index (χ1n) is 6.71. The molecule has 108 valence electrons. The summed E-state index contributed by atoms with van der Waals surface area (Å²) in [6.45, 7) is 7.18. The molecule has 1 N–H and O–H groups in total. The lowest BCUT2D eigenvalue weighted by Gasteiger charge is -2.17. The zero-order valence-corrected chi connectivity index (χ0v) is 14.2. The smallest absolute Gasteiger partial charge is 0.115 e. The number of aryl methyl sites for hydroxylation is 2. The maximum absolute atomic E-state index is 6.34. The molecule has 0 saturated heterocycles. The Morgan fingerprint density at radius 3 is 2.60 bits per heavy atom. The van der Waals surface area contributed by atoms with E-state index in [0.717, 1.165) is 29.2 Å².